The summed E-state index contributed by atoms with van der Waals surface area (Å²) in [5, 5.41) is 18.4. The predicted molar refractivity (Wildman–Crippen MR) is 60.0 cm³/mol. The summed E-state index contributed by atoms with van der Waals surface area (Å²) in [6, 6.07) is 4.39. The molecule has 0 spiro atoms. The molecule has 0 fully saturated rings. The second-order valence-corrected chi connectivity index (χ2v) is 8.99. The van der Waals surface area contributed by atoms with Gasteiger partial charge in [-0.3, -0.25) is 0 Å². The van der Waals surface area contributed by atoms with Crippen LogP contribution < -0.4 is 0 Å². The molecule has 0 aliphatic carbocycles. The molecule has 2 N–H and O–H groups in total. The van der Waals surface area contributed by atoms with Crippen molar-refractivity contribution in [1.82, 2.24) is 0 Å². The fourth-order valence-corrected chi connectivity index (χ4v) is 1.45. The quantitative estimate of drug-likeness (QED) is 0.505. The number of aromatic hydroxyl groups is 2. The van der Waals surface area contributed by atoms with Crippen molar-refractivity contribution in [2.24, 2.45) is 0 Å². The van der Waals surface area contributed by atoms with E-state index in [1.807, 2.05) is 0 Å². The number of phenolic OH excluding ortho intramolecular Hbond substituents is 2. The molecule has 2 nitrogen and oxygen atoms in total. The number of hydrogen-bond donors (Lipinski definition) is 2. The van der Waals surface area contributed by atoms with Crippen molar-refractivity contribution >= 4 is 8.07 Å². The Morgan fingerprint density at radius 3 is 1.93 bits per heavy atom. The molecule has 0 atom stereocenters. The molecule has 0 aliphatic rings. The second kappa shape index (κ2) is 3.77. The molecule has 74 valence electrons. The van der Waals surface area contributed by atoms with Gasteiger partial charge in [-0.1, -0.05) is 25.6 Å². The predicted octanol–water partition coefficient (Wildman–Crippen LogP) is 2.33. The van der Waals surface area contributed by atoms with Crippen LogP contribution in [0.3, 0.4) is 0 Å². The molecule has 0 saturated carbocycles. The van der Waals surface area contributed by atoms with Crippen molar-refractivity contribution in [1.29, 1.82) is 0 Å². The van der Waals surface area contributed by atoms with Crippen LogP contribution in [0.4, 0.5) is 0 Å². The molecule has 0 saturated heterocycles. The summed E-state index contributed by atoms with van der Waals surface area (Å²) in [7, 11) is -1.40. The molecule has 0 radical (unpaired) electrons. The van der Waals surface area contributed by atoms with Gasteiger partial charge in [0.2, 0.25) is 0 Å². The van der Waals surface area contributed by atoms with E-state index >= 15 is 0 Å². The molecule has 0 bridgehead atoms. The van der Waals surface area contributed by atoms with Gasteiger partial charge in [-0.05, 0) is 12.1 Å². The van der Waals surface area contributed by atoms with Crippen LogP contribution in [0.15, 0.2) is 18.2 Å². The lowest BCUT2D eigenvalue weighted by molar-refractivity contribution is 0.450. The highest BCUT2D eigenvalue weighted by Crippen LogP contribution is 2.19. The molecule has 1 rings (SSSR count). The zero-order valence-corrected chi connectivity index (χ0v) is 9.63. The Bertz CT molecular complexity index is 374. The van der Waals surface area contributed by atoms with Gasteiger partial charge in [0.15, 0.2) is 0 Å². The van der Waals surface area contributed by atoms with E-state index in [2.05, 4.69) is 31.1 Å². The van der Waals surface area contributed by atoms with Gasteiger partial charge in [0.05, 0.1) is 0 Å². The maximum absolute atomic E-state index is 9.21. The Balaban J connectivity index is 3.02. The van der Waals surface area contributed by atoms with Crippen LogP contribution in [0.2, 0.25) is 19.6 Å². The molecular formula is C11H14O2Si. The highest BCUT2D eigenvalue weighted by atomic mass is 28.3. The summed E-state index contributed by atoms with van der Waals surface area (Å²) in [6.07, 6.45) is 0. The van der Waals surface area contributed by atoms with E-state index in [1.165, 1.54) is 6.07 Å². The minimum Gasteiger partial charge on any atom is -0.508 e. The van der Waals surface area contributed by atoms with E-state index in [-0.39, 0.29) is 11.5 Å². The minimum atomic E-state index is -1.40. The van der Waals surface area contributed by atoms with Crippen molar-refractivity contribution in [2.75, 3.05) is 0 Å². The van der Waals surface area contributed by atoms with Gasteiger partial charge in [-0.15, -0.1) is 5.54 Å². The maximum Gasteiger partial charge on any atom is 0.129 e. The zero-order chi connectivity index (χ0) is 10.8. The molecule has 0 unspecified atom stereocenters. The van der Waals surface area contributed by atoms with Crippen molar-refractivity contribution in [2.45, 2.75) is 19.6 Å². The molecule has 0 aromatic heterocycles. The summed E-state index contributed by atoms with van der Waals surface area (Å²) in [4.78, 5) is 0. The van der Waals surface area contributed by atoms with Crippen molar-refractivity contribution in [3.05, 3.63) is 23.8 Å². The number of rotatable bonds is 0. The highest BCUT2D eigenvalue weighted by molar-refractivity contribution is 6.83. The third-order valence-electron chi connectivity index (χ3n) is 1.48. The van der Waals surface area contributed by atoms with Crippen LogP contribution in [0.1, 0.15) is 5.56 Å². The van der Waals surface area contributed by atoms with Crippen molar-refractivity contribution in [3.8, 4) is 23.0 Å². The fraction of sp³-hybridized carbons (Fsp3) is 0.273. The van der Waals surface area contributed by atoms with Gasteiger partial charge in [0.25, 0.3) is 0 Å². The average molecular weight is 206 g/mol. The second-order valence-electron chi connectivity index (χ2n) is 4.24. The fourth-order valence-electron chi connectivity index (χ4n) is 0.927. The Hall–Kier alpha value is -1.40. The highest BCUT2D eigenvalue weighted by Gasteiger charge is 2.07. The number of hydrogen-bond acceptors (Lipinski definition) is 2. The van der Waals surface area contributed by atoms with Crippen LogP contribution in [0.25, 0.3) is 0 Å². The van der Waals surface area contributed by atoms with Crippen LogP contribution in [0, 0.1) is 11.5 Å². The van der Waals surface area contributed by atoms with Crippen LogP contribution in [-0.2, 0) is 0 Å². The molecule has 0 amide bonds. The Morgan fingerprint density at radius 2 is 1.50 bits per heavy atom. The monoisotopic (exact) mass is 206 g/mol. The van der Waals surface area contributed by atoms with E-state index < -0.39 is 8.07 Å². The minimum absolute atomic E-state index is 0.0462. The van der Waals surface area contributed by atoms with Gasteiger partial charge >= 0.3 is 0 Å². The average Bonchev–Trinajstić information content (AvgIpc) is 1.97. The molecule has 0 aliphatic heterocycles. The van der Waals surface area contributed by atoms with Crippen LogP contribution >= 0.6 is 0 Å². The van der Waals surface area contributed by atoms with E-state index in [0.717, 1.165) is 0 Å². The first kappa shape index (κ1) is 10.7. The van der Waals surface area contributed by atoms with E-state index in [9.17, 15) is 10.2 Å². The normalized spacial score (nSPS) is 10.5. The third-order valence-corrected chi connectivity index (χ3v) is 2.36. The smallest absolute Gasteiger partial charge is 0.129 e. The van der Waals surface area contributed by atoms with Gasteiger partial charge in [0, 0.05) is 11.6 Å². The molecule has 14 heavy (non-hydrogen) atoms. The number of phenols is 2. The first-order valence-electron chi connectivity index (χ1n) is 4.43. The van der Waals surface area contributed by atoms with E-state index in [1.54, 1.807) is 12.1 Å². The molecule has 1 aromatic carbocycles. The summed E-state index contributed by atoms with van der Waals surface area (Å²) >= 11 is 0. The molecule has 0 heterocycles. The van der Waals surface area contributed by atoms with Gasteiger partial charge in [-0.2, -0.15) is 0 Å². The summed E-state index contributed by atoms with van der Waals surface area (Å²) in [6.45, 7) is 6.42. The number of benzene rings is 1. The largest absolute Gasteiger partial charge is 0.508 e. The third kappa shape index (κ3) is 3.54. The van der Waals surface area contributed by atoms with Gasteiger partial charge < -0.3 is 10.2 Å². The van der Waals surface area contributed by atoms with Gasteiger partial charge in [0.1, 0.15) is 19.6 Å². The van der Waals surface area contributed by atoms with E-state index in [4.69, 9.17) is 0 Å². The lowest BCUT2D eigenvalue weighted by atomic mass is 10.2. The molecule has 3 heteroatoms. The summed E-state index contributed by atoms with van der Waals surface area (Å²) in [5.74, 6) is 3.05. The SMILES string of the molecule is C[Si](C)(C)C#Cc1cc(O)cc(O)c1. The van der Waals surface area contributed by atoms with Crippen LogP contribution in [-0.4, -0.2) is 18.3 Å². The molecular weight excluding hydrogens is 192 g/mol. The van der Waals surface area contributed by atoms with Crippen molar-refractivity contribution in [3.63, 3.8) is 0 Å². The Kier molecular flexibility index (Phi) is 2.87. The first-order chi connectivity index (χ1) is 6.37. The Labute approximate surface area is 85.2 Å². The zero-order valence-electron chi connectivity index (χ0n) is 8.63. The van der Waals surface area contributed by atoms with E-state index in [0.29, 0.717) is 5.56 Å². The van der Waals surface area contributed by atoms with Gasteiger partial charge in [-0.25, -0.2) is 0 Å². The van der Waals surface area contributed by atoms with Crippen LogP contribution in [0.5, 0.6) is 11.5 Å². The lowest BCUT2D eigenvalue weighted by Crippen LogP contribution is -2.16. The van der Waals surface area contributed by atoms with Crippen molar-refractivity contribution < 1.29 is 10.2 Å². The maximum atomic E-state index is 9.21. The molecule has 1 aromatic rings. The lowest BCUT2D eigenvalue weighted by Gasteiger charge is -2.03. The topological polar surface area (TPSA) is 40.5 Å². The summed E-state index contributed by atoms with van der Waals surface area (Å²) in [5.41, 5.74) is 3.82. The Morgan fingerprint density at radius 1 is 1.00 bits per heavy atom. The summed E-state index contributed by atoms with van der Waals surface area (Å²) < 4.78 is 0. The standard InChI is InChI=1S/C11H14O2Si/c1-14(2,3)5-4-9-6-10(12)8-11(13)7-9/h6-8,12-13H,1-3H3. The first-order valence-corrected chi connectivity index (χ1v) is 7.93.